The van der Waals surface area contributed by atoms with E-state index in [1.807, 2.05) is 13.8 Å². The van der Waals surface area contributed by atoms with Gasteiger partial charge in [0.1, 0.15) is 0 Å². The van der Waals surface area contributed by atoms with Crippen LogP contribution < -0.4 is 5.32 Å². The molecule has 1 saturated carbocycles. The van der Waals surface area contributed by atoms with E-state index in [2.05, 4.69) is 31.0 Å². The van der Waals surface area contributed by atoms with E-state index in [-0.39, 0.29) is 11.8 Å². The van der Waals surface area contributed by atoms with Gasteiger partial charge < -0.3 is 5.32 Å². The van der Waals surface area contributed by atoms with Crippen LogP contribution in [0.5, 0.6) is 0 Å². The number of carbonyl (C=O) groups is 1. The summed E-state index contributed by atoms with van der Waals surface area (Å²) in [4.78, 5) is 14.6. The fraction of sp³-hybridized carbons (Fsp3) is 0.941. The minimum atomic E-state index is 0.0902. The number of hydrogen-bond donors (Lipinski definition) is 1. The first-order valence-corrected chi connectivity index (χ1v) is 8.29. The molecule has 20 heavy (non-hydrogen) atoms. The summed E-state index contributed by atoms with van der Waals surface area (Å²) in [5, 5.41) is 3.27. The third-order valence-electron chi connectivity index (χ3n) is 4.40. The molecule has 1 aliphatic carbocycles. The van der Waals surface area contributed by atoms with E-state index < -0.39 is 0 Å². The van der Waals surface area contributed by atoms with Gasteiger partial charge in [-0.15, -0.1) is 0 Å². The van der Waals surface area contributed by atoms with Crippen LogP contribution in [-0.4, -0.2) is 36.0 Å². The third-order valence-corrected chi connectivity index (χ3v) is 4.40. The molecule has 0 aromatic carbocycles. The lowest BCUT2D eigenvalue weighted by molar-refractivity contribution is -0.125. The van der Waals surface area contributed by atoms with Crippen molar-refractivity contribution in [2.24, 2.45) is 17.3 Å². The van der Waals surface area contributed by atoms with Gasteiger partial charge in [0.15, 0.2) is 0 Å². The second kappa shape index (κ2) is 6.05. The summed E-state index contributed by atoms with van der Waals surface area (Å²) in [5.41, 5.74) is 0.379. The zero-order valence-electron chi connectivity index (χ0n) is 13.9. The summed E-state index contributed by atoms with van der Waals surface area (Å²) in [6.45, 7) is 13.2. The standard InChI is InChI=1S/C17H32N2O/c1-12(2)16(20)18-14-8-13(9-17(3,4)5)10-19(11-14)15-6-7-15/h12-15H,6-11H2,1-5H3,(H,18,20). The maximum atomic E-state index is 12.0. The molecule has 0 aromatic rings. The summed E-state index contributed by atoms with van der Waals surface area (Å²) in [5.74, 6) is 1.02. The zero-order chi connectivity index (χ0) is 14.9. The maximum absolute atomic E-state index is 12.0. The fourth-order valence-corrected chi connectivity index (χ4v) is 3.46. The molecule has 2 aliphatic rings. The van der Waals surface area contributed by atoms with Gasteiger partial charge in [-0.25, -0.2) is 0 Å². The molecule has 3 heteroatoms. The Morgan fingerprint density at radius 1 is 1.25 bits per heavy atom. The van der Waals surface area contributed by atoms with Crippen LogP contribution in [0.2, 0.25) is 0 Å². The zero-order valence-corrected chi connectivity index (χ0v) is 13.9. The van der Waals surface area contributed by atoms with Crippen LogP contribution in [0.25, 0.3) is 0 Å². The molecular weight excluding hydrogens is 248 g/mol. The van der Waals surface area contributed by atoms with Crippen molar-refractivity contribution < 1.29 is 4.79 Å². The van der Waals surface area contributed by atoms with Crippen molar-refractivity contribution in [3.8, 4) is 0 Å². The number of rotatable bonds is 4. The predicted octanol–water partition coefficient (Wildman–Crippen LogP) is 3.05. The minimum absolute atomic E-state index is 0.0902. The normalized spacial score (nSPS) is 28.7. The Hall–Kier alpha value is -0.570. The Bertz CT molecular complexity index is 341. The van der Waals surface area contributed by atoms with Crippen molar-refractivity contribution in [3.05, 3.63) is 0 Å². The molecule has 1 aliphatic heterocycles. The van der Waals surface area contributed by atoms with Crippen LogP contribution >= 0.6 is 0 Å². The average Bonchev–Trinajstić information content (AvgIpc) is 3.09. The highest BCUT2D eigenvalue weighted by molar-refractivity contribution is 5.78. The SMILES string of the molecule is CC(C)C(=O)NC1CC(CC(C)(C)C)CN(C2CC2)C1. The van der Waals surface area contributed by atoms with Crippen LogP contribution in [0.3, 0.4) is 0 Å². The van der Waals surface area contributed by atoms with E-state index in [0.717, 1.165) is 24.9 Å². The fourth-order valence-electron chi connectivity index (χ4n) is 3.46. The predicted molar refractivity (Wildman–Crippen MR) is 83.5 cm³/mol. The monoisotopic (exact) mass is 280 g/mol. The number of hydrogen-bond acceptors (Lipinski definition) is 2. The molecule has 2 fully saturated rings. The summed E-state index contributed by atoms with van der Waals surface area (Å²) < 4.78 is 0. The van der Waals surface area contributed by atoms with Crippen LogP contribution in [0.1, 0.15) is 60.3 Å². The molecule has 116 valence electrons. The van der Waals surface area contributed by atoms with E-state index in [9.17, 15) is 4.79 Å². The van der Waals surface area contributed by atoms with Crippen molar-refractivity contribution >= 4 is 5.91 Å². The number of likely N-dealkylation sites (tertiary alicyclic amines) is 1. The van der Waals surface area contributed by atoms with Gasteiger partial charge >= 0.3 is 0 Å². The topological polar surface area (TPSA) is 32.3 Å². The van der Waals surface area contributed by atoms with Crippen molar-refractivity contribution in [2.45, 2.75) is 72.4 Å². The van der Waals surface area contributed by atoms with E-state index >= 15 is 0 Å². The molecule has 3 nitrogen and oxygen atoms in total. The lowest BCUT2D eigenvalue weighted by atomic mass is 9.80. The number of carbonyl (C=O) groups excluding carboxylic acids is 1. The van der Waals surface area contributed by atoms with E-state index in [4.69, 9.17) is 0 Å². The molecule has 2 rings (SSSR count). The van der Waals surface area contributed by atoms with Crippen molar-refractivity contribution in [3.63, 3.8) is 0 Å². The first-order chi connectivity index (χ1) is 9.24. The van der Waals surface area contributed by atoms with E-state index in [0.29, 0.717) is 11.5 Å². The quantitative estimate of drug-likeness (QED) is 0.858. The Kier molecular flexibility index (Phi) is 4.78. The van der Waals surface area contributed by atoms with Crippen LogP contribution in [0.4, 0.5) is 0 Å². The molecule has 2 unspecified atom stereocenters. The third kappa shape index (κ3) is 4.76. The van der Waals surface area contributed by atoms with E-state index in [1.165, 1.54) is 25.8 Å². The average molecular weight is 280 g/mol. The molecular formula is C17H32N2O. The number of piperidine rings is 1. The molecule has 0 spiro atoms. The second-order valence-electron chi connectivity index (χ2n) is 8.41. The minimum Gasteiger partial charge on any atom is -0.352 e. The second-order valence-corrected chi connectivity index (χ2v) is 8.41. The Morgan fingerprint density at radius 2 is 1.90 bits per heavy atom. The summed E-state index contributed by atoms with van der Waals surface area (Å²) in [7, 11) is 0. The smallest absolute Gasteiger partial charge is 0.222 e. The first-order valence-electron chi connectivity index (χ1n) is 8.29. The van der Waals surface area contributed by atoms with Gasteiger partial charge in [-0.1, -0.05) is 34.6 Å². The number of nitrogens with zero attached hydrogens (tertiary/aromatic N) is 1. The molecule has 0 bridgehead atoms. The lowest BCUT2D eigenvalue weighted by Gasteiger charge is -2.40. The highest BCUT2D eigenvalue weighted by Gasteiger charge is 2.37. The van der Waals surface area contributed by atoms with Gasteiger partial charge in [0.2, 0.25) is 5.91 Å². The number of nitrogens with one attached hydrogen (secondary N) is 1. The van der Waals surface area contributed by atoms with Gasteiger partial charge in [0, 0.05) is 31.1 Å². The van der Waals surface area contributed by atoms with Gasteiger partial charge in [-0.3, -0.25) is 9.69 Å². The first kappa shape index (κ1) is 15.8. The van der Waals surface area contributed by atoms with Gasteiger partial charge in [-0.2, -0.15) is 0 Å². The number of amides is 1. The Balaban J connectivity index is 1.95. The van der Waals surface area contributed by atoms with Crippen molar-refractivity contribution in [2.75, 3.05) is 13.1 Å². The molecule has 0 radical (unpaired) electrons. The summed E-state index contributed by atoms with van der Waals surface area (Å²) in [6, 6.07) is 1.16. The van der Waals surface area contributed by atoms with E-state index in [1.54, 1.807) is 0 Å². The Morgan fingerprint density at radius 3 is 2.40 bits per heavy atom. The highest BCUT2D eigenvalue weighted by atomic mass is 16.1. The lowest BCUT2D eigenvalue weighted by Crippen LogP contribution is -2.52. The molecule has 0 aromatic heterocycles. The van der Waals surface area contributed by atoms with Crippen LogP contribution in [-0.2, 0) is 4.79 Å². The van der Waals surface area contributed by atoms with Crippen LogP contribution in [0.15, 0.2) is 0 Å². The molecule has 1 heterocycles. The van der Waals surface area contributed by atoms with Crippen molar-refractivity contribution in [1.82, 2.24) is 10.2 Å². The largest absolute Gasteiger partial charge is 0.352 e. The molecule has 1 N–H and O–H groups in total. The summed E-state index contributed by atoms with van der Waals surface area (Å²) in [6.07, 6.45) is 5.11. The molecule has 1 amide bonds. The summed E-state index contributed by atoms with van der Waals surface area (Å²) >= 11 is 0. The van der Waals surface area contributed by atoms with Crippen LogP contribution in [0, 0.1) is 17.3 Å². The Labute approximate surface area is 124 Å². The molecule has 2 atom stereocenters. The molecule has 1 saturated heterocycles. The van der Waals surface area contributed by atoms with Gasteiger partial charge in [0.05, 0.1) is 0 Å². The van der Waals surface area contributed by atoms with Gasteiger partial charge in [0.25, 0.3) is 0 Å². The highest BCUT2D eigenvalue weighted by Crippen LogP contribution is 2.35. The van der Waals surface area contributed by atoms with Gasteiger partial charge in [-0.05, 0) is 37.0 Å². The van der Waals surface area contributed by atoms with Crippen molar-refractivity contribution in [1.29, 1.82) is 0 Å². The maximum Gasteiger partial charge on any atom is 0.222 e.